The molecule has 2 rings (SSSR count). The number of hydrogen-bond acceptors (Lipinski definition) is 7. The van der Waals surface area contributed by atoms with E-state index in [1.54, 1.807) is 0 Å². The third-order valence-corrected chi connectivity index (χ3v) is 5.69. The second kappa shape index (κ2) is 7.72. The lowest BCUT2D eigenvalue weighted by atomic mass is 10.2. The molecule has 0 bridgehead atoms. The number of carbonyl (C=O) groups is 2. The molecule has 0 fully saturated rings. The van der Waals surface area contributed by atoms with Crippen LogP contribution in [0.4, 0.5) is 10.1 Å². The molecule has 0 aliphatic carbocycles. The lowest BCUT2D eigenvalue weighted by molar-refractivity contribution is -0.136. The zero-order chi connectivity index (χ0) is 19.6. The number of hydrogen-bond donors (Lipinski definition) is 2. The van der Waals surface area contributed by atoms with Gasteiger partial charge in [-0.15, -0.1) is 0 Å². The number of anilines is 1. The van der Waals surface area contributed by atoms with Gasteiger partial charge >= 0.3 is 5.97 Å². The van der Waals surface area contributed by atoms with Gasteiger partial charge in [0.2, 0.25) is 0 Å². The molecule has 8 nitrogen and oxygen atoms in total. The molecular weight excluding hydrogens is 435 g/mol. The van der Waals surface area contributed by atoms with Crippen LogP contribution in [0.3, 0.4) is 0 Å². The highest BCUT2D eigenvalue weighted by Crippen LogP contribution is 2.30. The van der Waals surface area contributed by atoms with Crippen LogP contribution in [0.2, 0.25) is 0 Å². The largest absolute Gasteiger partial charge is 0.466 e. The lowest BCUT2D eigenvalue weighted by Crippen LogP contribution is -2.31. The van der Waals surface area contributed by atoms with Gasteiger partial charge in [-0.1, -0.05) is 0 Å². The topological polar surface area (TPSA) is 113 Å². The Morgan fingerprint density at radius 2 is 2.12 bits per heavy atom. The minimum Gasteiger partial charge on any atom is -0.466 e. The van der Waals surface area contributed by atoms with E-state index < -0.39 is 27.5 Å². The van der Waals surface area contributed by atoms with Crippen molar-refractivity contribution in [2.45, 2.75) is 4.90 Å². The number of nitrogens with one attached hydrogen (secondary N) is 1. The van der Waals surface area contributed by atoms with Gasteiger partial charge in [-0.2, -0.15) is 0 Å². The van der Waals surface area contributed by atoms with E-state index in [9.17, 15) is 22.4 Å². The highest BCUT2D eigenvalue weighted by Gasteiger charge is 2.35. The molecule has 1 heterocycles. The van der Waals surface area contributed by atoms with Crippen LogP contribution < -0.4 is 5.32 Å². The first-order chi connectivity index (χ1) is 12.1. The Kier molecular flexibility index (Phi) is 6.04. The molecule has 1 aliphatic heterocycles. The monoisotopic (exact) mass is 450 g/mol. The Bertz CT molecular complexity index is 900. The fraction of sp³-hybridized carbons (Fsp3) is 0.333. The molecule has 0 saturated heterocycles. The molecule has 0 radical (unpaired) electrons. The molecule has 142 valence electrons. The maximum atomic E-state index is 14.3. The molecule has 0 unspecified atom stereocenters. The molecule has 26 heavy (non-hydrogen) atoms. The average Bonchev–Trinajstić information content (AvgIpc) is 2.86. The molecule has 1 amide bonds. The molecule has 1 aromatic carbocycles. The summed E-state index contributed by atoms with van der Waals surface area (Å²) < 4.78 is 42.4. The van der Waals surface area contributed by atoms with Crippen LogP contribution in [0.25, 0.3) is 0 Å². The highest BCUT2D eigenvalue weighted by atomic mass is 79.9. The van der Waals surface area contributed by atoms with Crippen LogP contribution in [0, 0.1) is 5.82 Å². The maximum Gasteiger partial charge on any atom is 0.337 e. The number of aliphatic hydroxyl groups excluding tert-OH is 1. The van der Waals surface area contributed by atoms with Crippen LogP contribution >= 0.6 is 15.9 Å². The fourth-order valence-corrected chi connectivity index (χ4v) is 4.35. The van der Waals surface area contributed by atoms with Crippen molar-refractivity contribution in [3.05, 3.63) is 33.7 Å². The Hall–Kier alpha value is -1.98. The SMILES string of the molecule is COC(=O)C1=C(Nc2cc(Br)c(S(C)(=O)=O)cc2F)C(=O)N(CCO)C1. The molecule has 0 aromatic heterocycles. The zero-order valence-electron chi connectivity index (χ0n) is 13.9. The lowest BCUT2D eigenvalue weighted by Gasteiger charge is -2.15. The van der Waals surface area contributed by atoms with Crippen molar-refractivity contribution in [1.29, 1.82) is 0 Å². The van der Waals surface area contributed by atoms with E-state index in [0.717, 1.165) is 25.5 Å². The first-order valence-corrected chi connectivity index (χ1v) is 9.96. The van der Waals surface area contributed by atoms with Crippen molar-refractivity contribution in [3.63, 3.8) is 0 Å². The van der Waals surface area contributed by atoms with Crippen LogP contribution in [0.5, 0.6) is 0 Å². The number of methoxy groups -OCH3 is 1. The van der Waals surface area contributed by atoms with Gasteiger partial charge in [-0.3, -0.25) is 4.79 Å². The molecule has 11 heteroatoms. The smallest absolute Gasteiger partial charge is 0.337 e. The molecule has 1 aromatic rings. The third-order valence-electron chi connectivity index (χ3n) is 3.63. The fourth-order valence-electron chi connectivity index (χ4n) is 2.39. The van der Waals surface area contributed by atoms with Crippen molar-refractivity contribution in [2.75, 3.05) is 38.4 Å². The summed E-state index contributed by atoms with van der Waals surface area (Å²) in [5.41, 5.74) is -0.406. The summed E-state index contributed by atoms with van der Waals surface area (Å²) in [4.78, 5) is 25.3. The second-order valence-corrected chi connectivity index (χ2v) is 8.29. The molecule has 0 saturated carbocycles. The summed E-state index contributed by atoms with van der Waals surface area (Å²) in [7, 11) is -2.52. The summed E-state index contributed by atoms with van der Waals surface area (Å²) in [5, 5.41) is 11.6. The van der Waals surface area contributed by atoms with E-state index in [0.29, 0.717) is 0 Å². The predicted octanol–water partition coefficient (Wildman–Crippen LogP) is 0.665. The van der Waals surface area contributed by atoms with Gasteiger partial charge < -0.3 is 20.1 Å². The van der Waals surface area contributed by atoms with Crippen LogP contribution in [0.1, 0.15) is 0 Å². The van der Waals surface area contributed by atoms with E-state index in [1.807, 2.05) is 0 Å². The number of esters is 1. The number of aliphatic hydroxyl groups is 1. The van der Waals surface area contributed by atoms with Gasteiger partial charge in [0.1, 0.15) is 11.5 Å². The first-order valence-electron chi connectivity index (χ1n) is 7.27. The molecular formula is C15H16BrFN2O6S. The summed E-state index contributed by atoms with van der Waals surface area (Å²) in [5.74, 6) is -2.30. The quantitative estimate of drug-likeness (QED) is 0.612. The van der Waals surface area contributed by atoms with Gasteiger partial charge in [-0.25, -0.2) is 17.6 Å². The number of sulfone groups is 1. The van der Waals surface area contributed by atoms with Crippen molar-refractivity contribution in [3.8, 4) is 0 Å². The van der Waals surface area contributed by atoms with E-state index in [1.165, 1.54) is 4.90 Å². The van der Waals surface area contributed by atoms with Gasteiger partial charge in [0.05, 0.1) is 36.4 Å². The summed E-state index contributed by atoms with van der Waals surface area (Å²) in [6.45, 7) is -0.418. The normalized spacial score (nSPS) is 14.8. The van der Waals surface area contributed by atoms with Crippen molar-refractivity contribution >= 4 is 43.3 Å². The Morgan fingerprint density at radius 1 is 1.46 bits per heavy atom. The van der Waals surface area contributed by atoms with Crippen LogP contribution in [-0.4, -0.2) is 63.4 Å². The standard InChI is InChI=1S/C15H16BrFN2O6S/c1-25-15(22)8-7-19(3-4-20)14(21)13(8)18-11-5-9(16)12(6-10(11)17)26(2,23)24/h5-6,18,20H,3-4,7H2,1-2H3. The number of nitrogens with zero attached hydrogens (tertiary/aromatic N) is 1. The predicted molar refractivity (Wildman–Crippen MR) is 93.5 cm³/mol. The van der Waals surface area contributed by atoms with Gasteiger partial charge in [0.25, 0.3) is 5.91 Å². The van der Waals surface area contributed by atoms with Gasteiger partial charge in [0.15, 0.2) is 9.84 Å². The maximum absolute atomic E-state index is 14.3. The van der Waals surface area contributed by atoms with Crippen molar-refractivity contribution in [1.82, 2.24) is 4.90 Å². The number of β-amino-alcohol motifs (C(OH)–C–C–N with tert-alkyl or cyclic N) is 1. The second-order valence-electron chi connectivity index (χ2n) is 5.46. The number of amides is 1. The summed E-state index contributed by atoms with van der Waals surface area (Å²) >= 11 is 3.05. The molecule has 1 aliphatic rings. The number of benzene rings is 1. The molecule has 0 atom stereocenters. The van der Waals surface area contributed by atoms with Crippen LogP contribution in [-0.2, 0) is 24.2 Å². The Morgan fingerprint density at radius 3 is 2.65 bits per heavy atom. The van der Waals surface area contributed by atoms with Crippen molar-refractivity contribution < 1.29 is 32.2 Å². The highest BCUT2D eigenvalue weighted by molar-refractivity contribution is 9.10. The Labute approximate surface area is 157 Å². The zero-order valence-corrected chi connectivity index (χ0v) is 16.3. The first kappa shape index (κ1) is 20.3. The number of rotatable bonds is 6. The average molecular weight is 451 g/mol. The van der Waals surface area contributed by atoms with Crippen LogP contribution in [0.15, 0.2) is 32.8 Å². The summed E-state index contributed by atoms with van der Waals surface area (Å²) in [6.07, 6.45) is 0.935. The van der Waals surface area contributed by atoms with E-state index in [2.05, 4.69) is 26.0 Å². The number of carbonyl (C=O) groups excluding carboxylic acids is 2. The van der Waals surface area contributed by atoms with Gasteiger partial charge in [0, 0.05) is 17.3 Å². The van der Waals surface area contributed by atoms with E-state index >= 15 is 0 Å². The third kappa shape index (κ3) is 4.05. The molecule has 0 spiro atoms. The molecule has 2 N–H and O–H groups in total. The minimum absolute atomic E-state index is 0.0102. The number of ether oxygens (including phenoxy) is 1. The minimum atomic E-state index is -3.66. The van der Waals surface area contributed by atoms with E-state index in [-0.39, 0.29) is 46.0 Å². The number of halogens is 2. The Balaban J connectivity index is 2.46. The van der Waals surface area contributed by atoms with Crippen molar-refractivity contribution in [2.24, 2.45) is 0 Å². The van der Waals surface area contributed by atoms with Gasteiger partial charge in [-0.05, 0) is 28.1 Å². The summed E-state index contributed by atoms with van der Waals surface area (Å²) in [6, 6.07) is 1.97. The van der Waals surface area contributed by atoms with E-state index in [4.69, 9.17) is 5.11 Å².